The van der Waals surface area contributed by atoms with E-state index >= 15 is 0 Å². The summed E-state index contributed by atoms with van der Waals surface area (Å²) in [7, 11) is 1.71. The first-order chi connectivity index (χ1) is 7.18. The summed E-state index contributed by atoms with van der Waals surface area (Å²) in [6.45, 7) is 0. The first kappa shape index (κ1) is 9.51. The predicted molar refractivity (Wildman–Crippen MR) is 50.8 cm³/mol. The quantitative estimate of drug-likeness (QED) is 0.692. The van der Waals surface area contributed by atoms with Crippen molar-refractivity contribution in [2.45, 2.75) is 0 Å². The van der Waals surface area contributed by atoms with E-state index in [4.69, 9.17) is 0 Å². The van der Waals surface area contributed by atoms with Crippen molar-refractivity contribution in [1.82, 2.24) is 14.5 Å². The summed E-state index contributed by atoms with van der Waals surface area (Å²) in [6, 6.07) is 2.54. The molecule has 0 N–H and O–H groups in total. The molecule has 2 heterocycles. The molecule has 0 atom stereocenters. The summed E-state index contributed by atoms with van der Waals surface area (Å²) >= 11 is 0. The lowest BCUT2D eigenvalue weighted by molar-refractivity contribution is 0.102. The van der Waals surface area contributed by atoms with Gasteiger partial charge < -0.3 is 4.57 Å². The molecule has 0 saturated carbocycles. The van der Waals surface area contributed by atoms with Gasteiger partial charge in [0.1, 0.15) is 11.5 Å². The zero-order valence-electron chi connectivity index (χ0n) is 8.01. The molecule has 0 aliphatic heterocycles. The Morgan fingerprint density at radius 3 is 2.73 bits per heavy atom. The summed E-state index contributed by atoms with van der Waals surface area (Å²) in [5, 5.41) is 0. The van der Waals surface area contributed by atoms with E-state index in [0.717, 1.165) is 6.20 Å². The van der Waals surface area contributed by atoms with Crippen LogP contribution in [0.4, 0.5) is 4.39 Å². The monoisotopic (exact) mass is 205 g/mol. The zero-order valence-corrected chi connectivity index (χ0v) is 8.01. The zero-order chi connectivity index (χ0) is 10.8. The Labute approximate surface area is 85.4 Å². The number of carbonyl (C=O) groups is 1. The molecule has 76 valence electrons. The van der Waals surface area contributed by atoms with Crippen molar-refractivity contribution in [3.05, 3.63) is 48.1 Å². The molecule has 2 aromatic heterocycles. The molecule has 2 rings (SSSR count). The van der Waals surface area contributed by atoms with Gasteiger partial charge in [-0.2, -0.15) is 0 Å². The number of rotatable bonds is 2. The maximum atomic E-state index is 12.6. The number of pyridine rings is 1. The fraction of sp³-hybridized carbons (Fsp3) is 0.100. The molecule has 15 heavy (non-hydrogen) atoms. The van der Waals surface area contributed by atoms with E-state index in [-0.39, 0.29) is 17.3 Å². The van der Waals surface area contributed by atoms with Crippen LogP contribution in [-0.4, -0.2) is 20.3 Å². The highest BCUT2D eigenvalue weighted by Crippen LogP contribution is 2.05. The minimum Gasteiger partial charge on any atom is -0.331 e. The molecule has 0 spiro atoms. The Morgan fingerprint density at radius 1 is 1.40 bits per heavy atom. The predicted octanol–water partition coefficient (Wildman–Crippen LogP) is 1.19. The molecule has 0 aliphatic rings. The second-order valence-corrected chi connectivity index (χ2v) is 3.05. The van der Waals surface area contributed by atoms with Crippen LogP contribution < -0.4 is 0 Å². The van der Waals surface area contributed by atoms with Gasteiger partial charge in [-0.1, -0.05) is 0 Å². The van der Waals surface area contributed by atoms with Crippen molar-refractivity contribution in [1.29, 1.82) is 0 Å². The highest BCUT2D eigenvalue weighted by molar-refractivity contribution is 6.05. The molecular formula is C10H8FN3O. The fourth-order valence-electron chi connectivity index (χ4n) is 1.21. The van der Waals surface area contributed by atoms with Gasteiger partial charge in [-0.15, -0.1) is 0 Å². The third-order valence-electron chi connectivity index (χ3n) is 1.98. The fourth-order valence-corrected chi connectivity index (χ4v) is 1.21. The SMILES string of the molecule is Cn1ccnc1C(=O)c1ccc(F)cn1. The molecule has 0 aromatic carbocycles. The molecule has 0 amide bonds. The first-order valence-corrected chi connectivity index (χ1v) is 4.32. The highest BCUT2D eigenvalue weighted by Gasteiger charge is 2.14. The number of aryl methyl sites for hydroxylation is 1. The third kappa shape index (κ3) is 1.76. The number of aromatic nitrogens is 3. The molecule has 2 aromatic rings. The van der Waals surface area contributed by atoms with Gasteiger partial charge in [0.25, 0.3) is 0 Å². The van der Waals surface area contributed by atoms with Crippen LogP contribution in [0, 0.1) is 5.82 Å². The summed E-state index contributed by atoms with van der Waals surface area (Å²) in [4.78, 5) is 19.4. The normalized spacial score (nSPS) is 10.3. The van der Waals surface area contributed by atoms with Gasteiger partial charge in [-0.05, 0) is 12.1 Å². The summed E-state index contributed by atoms with van der Waals surface area (Å²) < 4.78 is 14.2. The number of hydrogen-bond acceptors (Lipinski definition) is 3. The van der Waals surface area contributed by atoms with Crippen LogP contribution in [0.5, 0.6) is 0 Å². The topological polar surface area (TPSA) is 47.8 Å². The number of hydrogen-bond donors (Lipinski definition) is 0. The van der Waals surface area contributed by atoms with Gasteiger partial charge in [0.2, 0.25) is 5.78 Å². The van der Waals surface area contributed by atoms with E-state index in [1.807, 2.05) is 0 Å². The molecule has 5 heteroatoms. The van der Waals surface area contributed by atoms with Crippen LogP contribution in [0.25, 0.3) is 0 Å². The van der Waals surface area contributed by atoms with Crippen molar-refractivity contribution in [3.8, 4) is 0 Å². The van der Waals surface area contributed by atoms with E-state index in [0.29, 0.717) is 0 Å². The lowest BCUT2D eigenvalue weighted by Crippen LogP contribution is -2.10. The Bertz CT molecular complexity index is 490. The molecule has 0 bridgehead atoms. The van der Waals surface area contributed by atoms with Crippen molar-refractivity contribution >= 4 is 5.78 Å². The number of imidazole rings is 1. The van der Waals surface area contributed by atoms with Crippen LogP contribution >= 0.6 is 0 Å². The van der Waals surface area contributed by atoms with Gasteiger partial charge in [0, 0.05) is 19.4 Å². The lowest BCUT2D eigenvalue weighted by atomic mass is 10.2. The maximum Gasteiger partial charge on any atom is 0.246 e. The van der Waals surface area contributed by atoms with E-state index in [1.54, 1.807) is 17.8 Å². The van der Waals surface area contributed by atoms with E-state index in [1.165, 1.54) is 18.3 Å². The van der Waals surface area contributed by atoms with Crippen LogP contribution in [0.1, 0.15) is 16.3 Å². The van der Waals surface area contributed by atoms with Gasteiger partial charge >= 0.3 is 0 Å². The molecule has 0 unspecified atom stereocenters. The average Bonchev–Trinajstić information content (AvgIpc) is 2.65. The van der Waals surface area contributed by atoms with Gasteiger partial charge in [0.05, 0.1) is 6.20 Å². The van der Waals surface area contributed by atoms with Crippen LogP contribution in [-0.2, 0) is 7.05 Å². The summed E-state index contributed by atoms with van der Waals surface area (Å²) in [5.41, 5.74) is 0.186. The largest absolute Gasteiger partial charge is 0.331 e. The number of nitrogens with zero attached hydrogens (tertiary/aromatic N) is 3. The first-order valence-electron chi connectivity index (χ1n) is 4.32. The molecule has 4 nitrogen and oxygen atoms in total. The van der Waals surface area contributed by atoms with Crippen LogP contribution in [0.2, 0.25) is 0 Å². The second-order valence-electron chi connectivity index (χ2n) is 3.05. The van der Waals surface area contributed by atoms with Crippen molar-refractivity contribution in [2.24, 2.45) is 7.05 Å². The van der Waals surface area contributed by atoms with E-state index < -0.39 is 5.82 Å². The van der Waals surface area contributed by atoms with Gasteiger partial charge in [-0.3, -0.25) is 4.79 Å². The molecule has 0 saturated heterocycles. The Morgan fingerprint density at radius 2 is 2.20 bits per heavy atom. The van der Waals surface area contributed by atoms with E-state index in [2.05, 4.69) is 9.97 Å². The van der Waals surface area contributed by atoms with Crippen LogP contribution in [0.3, 0.4) is 0 Å². The molecule has 0 fully saturated rings. The summed E-state index contributed by atoms with van der Waals surface area (Å²) in [5.74, 6) is -0.497. The highest BCUT2D eigenvalue weighted by atomic mass is 19.1. The van der Waals surface area contributed by atoms with Crippen molar-refractivity contribution in [3.63, 3.8) is 0 Å². The van der Waals surface area contributed by atoms with Gasteiger partial charge in [-0.25, -0.2) is 14.4 Å². The molecule has 0 aliphatic carbocycles. The lowest BCUT2D eigenvalue weighted by Gasteiger charge is -1.99. The van der Waals surface area contributed by atoms with Crippen molar-refractivity contribution < 1.29 is 9.18 Å². The Balaban J connectivity index is 2.37. The standard InChI is InChI=1S/C10H8FN3O/c1-14-5-4-12-10(14)9(15)8-3-2-7(11)6-13-8/h2-6H,1H3. The van der Waals surface area contributed by atoms with E-state index in [9.17, 15) is 9.18 Å². The number of carbonyl (C=O) groups excluding carboxylic acids is 1. The Kier molecular flexibility index (Phi) is 2.29. The third-order valence-corrected chi connectivity index (χ3v) is 1.98. The van der Waals surface area contributed by atoms with Gasteiger partial charge in [0.15, 0.2) is 5.82 Å². The minimum atomic E-state index is -0.466. The smallest absolute Gasteiger partial charge is 0.246 e. The summed E-state index contributed by atoms with van der Waals surface area (Å²) in [6.07, 6.45) is 4.20. The molecular weight excluding hydrogens is 197 g/mol. The number of ketones is 1. The second kappa shape index (κ2) is 3.61. The van der Waals surface area contributed by atoms with Crippen molar-refractivity contribution in [2.75, 3.05) is 0 Å². The average molecular weight is 205 g/mol. The maximum absolute atomic E-state index is 12.6. The van der Waals surface area contributed by atoms with Crippen LogP contribution in [0.15, 0.2) is 30.7 Å². The molecule has 0 radical (unpaired) electrons. The number of halogens is 1. The minimum absolute atomic E-state index is 0.186. The Hall–Kier alpha value is -2.04.